The van der Waals surface area contributed by atoms with E-state index >= 15 is 0 Å². The van der Waals surface area contributed by atoms with Crippen molar-refractivity contribution >= 4 is 0 Å². The van der Waals surface area contributed by atoms with Gasteiger partial charge in [0.05, 0.1) is 12.6 Å². The van der Waals surface area contributed by atoms with E-state index in [0.717, 1.165) is 25.6 Å². The zero-order chi connectivity index (χ0) is 17.5. The molecule has 1 aliphatic rings. The fraction of sp³-hybridized carbons (Fsp3) is 0.391. The lowest BCUT2D eigenvalue weighted by Crippen LogP contribution is -2.32. The Labute approximate surface area is 152 Å². The van der Waals surface area contributed by atoms with Crippen LogP contribution in [-0.2, 0) is 13.1 Å². The van der Waals surface area contributed by atoms with E-state index in [4.69, 9.17) is 0 Å². The molecule has 25 heavy (non-hydrogen) atoms. The Kier molecular flexibility index (Phi) is 6.28. The third-order valence-corrected chi connectivity index (χ3v) is 4.71. The minimum Gasteiger partial charge on any atom is -0.291 e. The van der Waals surface area contributed by atoms with Crippen molar-refractivity contribution in [2.45, 2.75) is 32.0 Å². The molecule has 1 fully saturated rings. The Morgan fingerprint density at radius 2 is 1.44 bits per heavy atom. The van der Waals surface area contributed by atoms with Gasteiger partial charge in [-0.1, -0.05) is 72.5 Å². The lowest BCUT2D eigenvalue weighted by atomic mass is 10.1. The molecule has 0 radical (unpaired) electrons. The Morgan fingerprint density at radius 1 is 0.880 bits per heavy atom. The van der Waals surface area contributed by atoms with Gasteiger partial charge in [0.15, 0.2) is 0 Å². The molecule has 2 aromatic rings. The fourth-order valence-electron chi connectivity index (χ4n) is 3.21. The first-order chi connectivity index (χ1) is 12.2. The average Bonchev–Trinajstić information content (AvgIpc) is 3.45. The molecule has 130 valence electrons. The van der Waals surface area contributed by atoms with Gasteiger partial charge in [-0.3, -0.25) is 9.80 Å². The highest BCUT2D eigenvalue weighted by molar-refractivity contribution is 5.18. The monoisotopic (exact) mass is 332 g/mol. The van der Waals surface area contributed by atoms with Crippen LogP contribution in [0.1, 0.15) is 24.0 Å². The molecule has 1 atom stereocenters. The van der Waals surface area contributed by atoms with Gasteiger partial charge in [-0.2, -0.15) is 0 Å². The van der Waals surface area contributed by atoms with E-state index in [1.807, 2.05) is 0 Å². The molecule has 0 aliphatic heterocycles. The predicted octanol–water partition coefficient (Wildman–Crippen LogP) is 4.03. The van der Waals surface area contributed by atoms with E-state index in [0.29, 0.717) is 6.04 Å². The summed E-state index contributed by atoms with van der Waals surface area (Å²) < 4.78 is 0. The average molecular weight is 332 g/mol. The second-order valence-electron chi connectivity index (χ2n) is 7.16. The van der Waals surface area contributed by atoms with E-state index in [1.165, 1.54) is 24.0 Å². The van der Waals surface area contributed by atoms with Crippen molar-refractivity contribution in [2.24, 2.45) is 5.92 Å². The van der Waals surface area contributed by atoms with Crippen LogP contribution in [0.25, 0.3) is 0 Å². The van der Waals surface area contributed by atoms with Crippen molar-refractivity contribution in [3.05, 3.63) is 71.8 Å². The second kappa shape index (κ2) is 8.85. The van der Waals surface area contributed by atoms with Crippen LogP contribution >= 0.6 is 0 Å². The van der Waals surface area contributed by atoms with Crippen LogP contribution in [0, 0.1) is 17.8 Å². The van der Waals surface area contributed by atoms with Gasteiger partial charge in [0.25, 0.3) is 0 Å². The molecule has 0 saturated heterocycles. The molecule has 0 spiro atoms. The molecule has 3 rings (SSSR count). The quantitative estimate of drug-likeness (QED) is 0.706. The summed E-state index contributed by atoms with van der Waals surface area (Å²) in [5.74, 6) is 7.73. The molecule has 0 heterocycles. The topological polar surface area (TPSA) is 6.48 Å². The van der Waals surface area contributed by atoms with Crippen molar-refractivity contribution in [1.29, 1.82) is 0 Å². The van der Waals surface area contributed by atoms with Crippen molar-refractivity contribution in [2.75, 3.05) is 20.6 Å². The number of hydrogen-bond acceptors (Lipinski definition) is 2. The van der Waals surface area contributed by atoms with Gasteiger partial charge in [-0.25, -0.2) is 0 Å². The highest BCUT2D eigenvalue weighted by atomic mass is 15.1. The van der Waals surface area contributed by atoms with E-state index < -0.39 is 0 Å². The fourth-order valence-corrected chi connectivity index (χ4v) is 3.21. The van der Waals surface area contributed by atoms with Gasteiger partial charge in [-0.15, -0.1) is 0 Å². The highest BCUT2D eigenvalue weighted by Gasteiger charge is 2.32. The zero-order valence-electron chi connectivity index (χ0n) is 15.4. The van der Waals surface area contributed by atoms with Gasteiger partial charge in [0, 0.05) is 13.1 Å². The normalized spacial score (nSPS) is 15.0. The molecular weight excluding hydrogens is 304 g/mol. The second-order valence-corrected chi connectivity index (χ2v) is 7.16. The SMILES string of the molecule is CN(CC#C[C@H](C1CC1)N(C)Cc1ccccc1)Cc1ccccc1. The minimum atomic E-state index is 0.380. The third kappa shape index (κ3) is 5.74. The maximum atomic E-state index is 3.55. The van der Waals surface area contributed by atoms with Crippen LogP contribution in [0.4, 0.5) is 0 Å². The van der Waals surface area contributed by atoms with Crippen molar-refractivity contribution in [1.82, 2.24) is 9.80 Å². The summed E-state index contributed by atoms with van der Waals surface area (Å²) in [7, 11) is 4.35. The number of hydrogen-bond donors (Lipinski definition) is 0. The number of rotatable bonds is 7. The number of benzene rings is 2. The summed E-state index contributed by atoms with van der Waals surface area (Å²) >= 11 is 0. The Morgan fingerprint density at radius 3 is 2.00 bits per heavy atom. The van der Waals surface area contributed by atoms with E-state index in [9.17, 15) is 0 Å². The van der Waals surface area contributed by atoms with Gasteiger partial charge in [-0.05, 0) is 44.0 Å². The summed E-state index contributed by atoms with van der Waals surface area (Å²) in [4.78, 5) is 4.70. The van der Waals surface area contributed by atoms with E-state index in [-0.39, 0.29) is 0 Å². The molecule has 2 heteroatoms. The molecule has 0 bridgehead atoms. The van der Waals surface area contributed by atoms with Crippen LogP contribution in [0.5, 0.6) is 0 Å². The van der Waals surface area contributed by atoms with Crippen LogP contribution in [0.15, 0.2) is 60.7 Å². The predicted molar refractivity (Wildman–Crippen MR) is 105 cm³/mol. The zero-order valence-corrected chi connectivity index (χ0v) is 15.4. The summed E-state index contributed by atoms with van der Waals surface area (Å²) in [6, 6.07) is 21.7. The molecular formula is C23H28N2. The van der Waals surface area contributed by atoms with Crippen molar-refractivity contribution < 1.29 is 0 Å². The molecule has 1 saturated carbocycles. The van der Waals surface area contributed by atoms with Gasteiger partial charge < -0.3 is 0 Å². The summed E-state index contributed by atoms with van der Waals surface area (Å²) in [5, 5.41) is 0. The van der Waals surface area contributed by atoms with Gasteiger partial charge in [0.1, 0.15) is 0 Å². The first-order valence-corrected chi connectivity index (χ1v) is 9.17. The minimum absolute atomic E-state index is 0.380. The smallest absolute Gasteiger partial charge is 0.0744 e. The molecule has 2 aromatic carbocycles. The highest BCUT2D eigenvalue weighted by Crippen LogP contribution is 2.35. The lowest BCUT2D eigenvalue weighted by molar-refractivity contribution is 0.258. The van der Waals surface area contributed by atoms with Crippen LogP contribution in [-0.4, -0.2) is 36.5 Å². The van der Waals surface area contributed by atoms with E-state index in [1.54, 1.807) is 0 Å². The first-order valence-electron chi connectivity index (χ1n) is 9.17. The standard InChI is InChI=1S/C23H28N2/c1-24(18-20-10-5-3-6-11-20)17-9-14-23(22-15-16-22)25(2)19-21-12-7-4-8-13-21/h3-8,10-13,22-23H,15-19H2,1-2H3/t23-/m1/s1. The van der Waals surface area contributed by atoms with Crippen LogP contribution < -0.4 is 0 Å². The van der Waals surface area contributed by atoms with Gasteiger partial charge >= 0.3 is 0 Å². The third-order valence-electron chi connectivity index (χ3n) is 4.71. The molecule has 0 amide bonds. The van der Waals surface area contributed by atoms with Crippen molar-refractivity contribution in [3.63, 3.8) is 0 Å². The van der Waals surface area contributed by atoms with Crippen LogP contribution in [0.2, 0.25) is 0 Å². The molecule has 0 N–H and O–H groups in total. The maximum absolute atomic E-state index is 3.55. The molecule has 0 unspecified atom stereocenters. The Balaban J connectivity index is 1.54. The molecule has 2 nitrogen and oxygen atoms in total. The number of nitrogens with zero attached hydrogens (tertiary/aromatic N) is 2. The largest absolute Gasteiger partial charge is 0.291 e. The summed E-state index contributed by atoms with van der Waals surface area (Å²) in [5.41, 5.74) is 2.70. The van der Waals surface area contributed by atoms with Crippen LogP contribution in [0.3, 0.4) is 0 Å². The lowest BCUT2D eigenvalue weighted by Gasteiger charge is -2.24. The molecule has 0 aromatic heterocycles. The summed E-state index contributed by atoms with van der Waals surface area (Å²) in [6.45, 7) is 2.73. The first kappa shape index (κ1) is 17.7. The maximum Gasteiger partial charge on any atom is 0.0744 e. The Bertz CT molecular complexity index is 695. The Hall–Kier alpha value is -2.08. The summed E-state index contributed by atoms with van der Waals surface area (Å²) in [6.07, 6.45) is 2.64. The molecule has 1 aliphatic carbocycles. The van der Waals surface area contributed by atoms with Crippen molar-refractivity contribution in [3.8, 4) is 11.8 Å². The van der Waals surface area contributed by atoms with E-state index in [2.05, 4.69) is 96.4 Å². The van der Waals surface area contributed by atoms with Gasteiger partial charge in [0.2, 0.25) is 0 Å².